The fourth-order valence-electron chi connectivity index (χ4n) is 0.721. The molecule has 5 nitrogen and oxygen atoms in total. The average Bonchev–Trinajstić information content (AvgIpc) is 2.39. The van der Waals surface area contributed by atoms with E-state index in [1.807, 2.05) is 0 Å². The molecule has 1 atom stereocenters. The number of carboxylic acid groups (broad SMARTS) is 1. The van der Waals surface area contributed by atoms with Gasteiger partial charge in [-0.05, 0) is 0 Å². The van der Waals surface area contributed by atoms with Crippen LogP contribution in [-0.2, 0) is 11.2 Å². The second-order valence-electron chi connectivity index (χ2n) is 2.23. The van der Waals surface area contributed by atoms with Crippen LogP contribution in [-0.4, -0.2) is 27.1 Å². The maximum atomic E-state index is 10.3. The largest absolute Gasteiger partial charge is 0.480 e. The number of nitrogens with zero attached hydrogens (tertiary/aromatic N) is 1. The maximum Gasteiger partial charge on any atom is 0.320 e. The molecular formula is C6H9N3O2. The predicted octanol–water partition coefficient (Wildman–Crippen LogP) is -0.636. The SMILES string of the molecule is N[C@@H](Cc1cnc[15nH]1)C(=O)O. The summed E-state index contributed by atoms with van der Waals surface area (Å²) in [6, 6.07) is -0.851. The van der Waals surface area contributed by atoms with Gasteiger partial charge < -0.3 is 15.8 Å². The van der Waals surface area contributed by atoms with Crippen LogP contribution in [0.5, 0.6) is 0 Å². The first-order valence-corrected chi connectivity index (χ1v) is 3.16. The topological polar surface area (TPSA) is 92.0 Å². The van der Waals surface area contributed by atoms with E-state index < -0.39 is 12.0 Å². The van der Waals surface area contributed by atoms with Crippen LogP contribution in [0, 0.1) is 0 Å². The molecule has 11 heavy (non-hydrogen) atoms. The van der Waals surface area contributed by atoms with E-state index in [0.29, 0.717) is 0 Å². The number of aromatic nitrogens is 2. The molecule has 0 aliphatic carbocycles. The molecule has 0 aliphatic rings. The van der Waals surface area contributed by atoms with E-state index in [0.717, 1.165) is 5.69 Å². The number of nitrogens with two attached hydrogens (primary N) is 1. The minimum atomic E-state index is -1.00. The molecule has 0 radical (unpaired) electrons. The number of nitrogens with one attached hydrogen (secondary N) is 1. The van der Waals surface area contributed by atoms with Gasteiger partial charge >= 0.3 is 5.97 Å². The van der Waals surface area contributed by atoms with Crippen molar-refractivity contribution in [1.29, 1.82) is 0 Å². The lowest BCUT2D eigenvalue weighted by Gasteiger charge is -2.02. The zero-order chi connectivity index (χ0) is 8.27. The van der Waals surface area contributed by atoms with Crippen LogP contribution in [0.3, 0.4) is 0 Å². The van der Waals surface area contributed by atoms with E-state index in [1.165, 1.54) is 6.33 Å². The number of aromatic amines is 1. The Bertz CT molecular complexity index is 232. The van der Waals surface area contributed by atoms with Crippen molar-refractivity contribution in [2.24, 2.45) is 5.73 Å². The van der Waals surface area contributed by atoms with Crippen molar-refractivity contribution in [3.8, 4) is 0 Å². The van der Waals surface area contributed by atoms with Gasteiger partial charge in [0.2, 0.25) is 0 Å². The summed E-state index contributed by atoms with van der Waals surface area (Å²) in [7, 11) is 0. The van der Waals surface area contributed by atoms with E-state index in [9.17, 15) is 4.79 Å². The van der Waals surface area contributed by atoms with Crippen LogP contribution in [0.2, 0.25) is 0 Å². The lowest BCUT2D eigenvalue weighted by Crippen LogP contribution is -2.32. The van der Waals surface area contributed by atoms with E-state index in [-0.39, 0.29) is 6.42 Å². The number of aliphatic carboxylic acids is 1. The van der Waals surface area contributed by atoms with Crippen molar-refractivity contribution in [2.45, 2.75) is 12.5 Å². The van der Waals surface area contributed by atoms with Crippen molar-refractivity contribution in [3.63, 3.8) is 0 Å². The van der Waals surface area contributed by atoms with Crippen molar-refractivity contribution >= 4 is 5.97 Å². The monoisotopic (exact) mass is 156 g/mol. The normalized spacial score (nSPS) is 12.8. The maximum absolute atomic E-state index is 10.3. The third-order valence-electron chi connectivity index (χ3n) is 1.31. The number of hydrogen-bond acceptors (Lipinski definition) is 3. The first kappa shape index (κ1) is 7.74. The van der Waals surface area contributed by atoms with Gasteiger partial charge in [-0.15, -0.1) is 0 Å². The number of carbonyl (C=O) groups is 1. The molecule has 0 saturated heterocycles. The smallest absolute Gasteiger partial charge is 0.320 e. The summed E-state index contributed by atoms with van der Waals surface area (Å²) in [5, 5.41) is 8.42. The molecule has 0 saturated carbocycles. The van der Waals surface area contributed by atoms with Gasteiger partial charge in [0.1, 0.15) is 6.04 Å². The molecular weight excluding hydrogens is 147 g/mol. The highest BCUT2D eigenvalue weighted by atomic mass is 16.4. The molecule has 5 heteroatoms. The van der Waals surface area contributed by atoms with E-state index in [2.05, 4.69) is 9.97 Å². The molecule has 4 N–H and O–H groups in total. The standard InChI is InChI=1S/C6H9N3O2/c7-5(6(10)11)1-4-2-8-3-9-4/h2-3,5H,1,7H2,(H,8,9)(H,10,11)/t5-/m0/s1/i9+1. The minimum absolute atomic E-state index is 0.287. The number of rotatable bonds is 3. The van der Waals surface area contributed by atoms with Crippen LogP contribution in [0.15, 0.2) is 12.5 Å². The van der Waals surface area contributed by atoms with Crippen LogP contribution >= 0.6 is 0 Å². The Morgan fingerprint density at radius 2 is 2.64 bits per heavy atom. The molecule has 1 rings (SSSR count). The Hall–Kier alpha value is -1.36. The molecule has 1 heterocycles. The first-order chi connectivity index (χ1) is 5.20. The quantitative estimate of drug-likeness (QED) is 0.543. The molecule has 60 valence electrons. The van der Waals surface area contributed by atoms with Crippen LogP contribution in [0.1, 0.15) is 5.69 Å². The summed E-state index contributed by atoms with van der Waals surface area (Å²) in [5.41, 5.74) is 6.00. The zero-order valence-electron chi connectivity index (χ0n) is 5.82. The number of imidazole rings is 1. The minimum Gasteiger partial charge on any atom is -0.480 e. The average molecular weight is 156 g/mol. The highest BCUT2D eigenvalue weighted by Crippen LogP contribution is 1.95. The zero-order valence-corrected chi connectivity index (χ0v) is 5.82. The number of H-pyrrole nitrogens is 1. The fourth-order valence-corrected chi connectivity index (χ4v) is 0.721. The summed E-state index contributed by atoms with van der Waals surface area (Å²) in [4.78, 5) is 16.8. The van der Waals surface area contributed by atoms with Gasteiger partial charge in [-0.2, -0.15) is 0 Å². The van der Waals surface area contributed by atoms with E-state index in [1.54, 1.807) is 6.20 Å². The summed E-state index contributed by atoms with van der Waals surface area (Å²) in [5.74, 6) is -1.00. The van der Waals surface area contributed by atoms with Gasteiger partial charge in [-0.25, -0.2) is 4.98 Å². The fraction of sp³-hybridized carbons (Fsp3) is 0.333. The second-order valence-corrected chi connectivity index (χ2v) is 2.23. The molecule has 0 aliphatic heterocycles. The predicted molar refractivity (Wildman–Crippen MR) is 37.9 cm³/mol. The summed E-state index contributed by atoms with van der Waals surface area (Å²) in [6.45, 7) is 0. The van der Waals surface area contributed by atoms with Crippen LogP contribution < -0.4 is 5.73 Å². The molecule has 0 unspecified atom stereocenters. The third kappa shape index (κ3) is 2.05. The summed E-state index contributed by atoms with van der Waals surface area (Å²) >= 11 is 0. The molecule has 1 aromatic heterocycles. The summed E-state index contributed by atoms with van der Waals surface area (Å²) in [6.07, 6.45) is 3.34. The molecule has 0 aromatic carbocycles. The van der Waals surface area contributed by atoms with Gasteiger partial charge in [0, 0.05) is 18.3 Å². The Kier molecular flexibility index (Phi) is 2.22. The Balaban J connectivity index is 2.50. The molecule has 0 bridgehead atoms. The summed E-state index contributed by atoms with van der Waals surface area (Å²) < 4.78 is 0. The first-order valence-electron chi connectivity index (χ1n) is 3.16. The van der Waals surface area contributed by atoms with Crippen molar-refractivity contribution < 1.29 is 9.90 Å². The number of carboxylic acids is 1. The van der Waals surface area contributed by atoms with Crippen LogP contribution in [0.4, 0.5) is 0 Å². The van der Waals surface area contributed by atoms with Gasteiger partial charge in [0.05, 0.1) is 6.33 Å². The highest BCUT2D eigenvalue weighted by Gasteiger charge is 2.11. The molecule has 0 amide bonds. The second kappa shape index (κ2) is 3.16. The van der Waals surface area contributed by atoms with Gasteiger partial charge in [0.15, 0.2) is 0 Å². The Labute approximate surface area is 63.3 Å². The Morgan fingerprint density at radius 1 is 1.91 bits per heavy atom. The van der Waals surface area contributed by atoms with E-state index in [4.69, 9.17) is 10.8 Å². The van der Waals surface area contributed by atoms with Gasteiger partial charge in [0.25, 0.3) is 0 Å². The van der Waals surface area contributed by atoms with Gasteiger partial charge in [-0.3, -0.25) is 4.79 Å². The molecule has 1 aromatic rings. The third-order valence-corrected chi connectivity index (χ3v) is 1.31. The molecule has 0 fully saturated rings. The van der Waals surface area contributed by atoms with Crippen molar-refractivity contribution in [1.82, 2.24) is 9.97 Å². The van der Waals surface area contributed by atoms with Gasteiger partial charge in [-0.1, -0.05) is 0 Å². The molecule has 0 spiro atoms. The number of hydrogen-bond donors (Lipinski definition) is 3. The Morgan fingerprint density at radius 3 is 3.09 bits per heavy atom. The highest BCUT2D eigenvalue weighted by molar-refractivity contribution is 5.73. The van der Waals surface area contributed by atoms with E-state index >= 15 is 0 Å². The van der Waals surface area contributed by atoms with Crippen LogP contribution in [0.25, 0.3) is 0 Å². The van der Waals surface area contributed by atoms with Crippen molar-refractivity contribution in [3.05, 3.63) is 18.2 Å². The lowest BCUT2D eigenvalue weighted by molar-refractivity contribution is -0.138. The van der Waals surface area contributed by atoms with Crippen molar-refractivity contribution in [2.75, 3.05) is 0 Å². The lowest BCUT2D eigenvalue weighted by atomic mass is 10.2.